The van der Waals surface area contributed by atoms with Crippen LogP contribution in [0.2, 0.25) is 30.7 Å². The Morgan fingerprint density at radius 1 is 1.24 bits per heavy atom. The highest BCUT2D eigenvalue weighted by Crippen LogP contribution is 2.41. The van der Waals surface area contributed by atoms with Crippen molar-refractivity contribution in [2.45, 2.75) is 76.2 Å². The second-order valence-corrected chi connectivity index (χ2v) is 18.6. The van der Waals surface area contributed by atoms with Crippen LogP contribution < -0.4 is 10.2 Å². The van der Waals surface area contributed by atoms with Crippen LogP contribution in [0.4, 0.5) is 10.6 Å². The van der Waals surface area contributed by atoms with Crippen LogP contribution in [-0.4, -0.2) is 68.3 Å². The number of piperidine rings is 1. The molecule has 2 bridgehead atoms. The Hall–Kier alpha value is -3.66. The molecule has 6 rings (SSSR count). The highest BCUT2D eigenvalue weighted by molar-refractivity contribution is 6.76. The molecule has 1 aromatic carbocycles. The summed E-state index contributed by atoms with van der Waals surface area (Å²) in [5.41, 5.74) is 4.02. The predicted molar refractivity (Wildman–Crippen MR) is 165 cm³/mol. The molecule has 3 atom stereocenters. The molecule has 2 N–H and O–H groups in total. The minimum atomic E-state index is -1.26. The van der Waals surface area contributed by atoms with Gasteiger partial charge in [0.25, 0.3) is 0 Å². The van der Waals surface area contributed by atoms with E-state index in [0.717, 1.165) is 48.7 Å². The van der Waals surface area contributed by atoms with Crippen molar-refractivity contribution in [3.05, 3.63) is 35.2 Å². The van der Waals surface area contributed by atoms with Crippen LogP contribution in [0.3, 0.4) is 0 Å². The van der Waals surface area contributed by atoms with Gasteiger partial charge in [0.15, 0.2) is 5.65 Å². The van der Waals surface area contributed by atoms with Gasteiger partial charge in [-0.15, -0.1) is 0 Å². The van der Waals surface area contributed by atoms with Crippen molar-refractivity contribution in [3.8, 4) is 17.2 Å². The molecular weight excluding hydrogens is 572 g/mol. The van der Waals surface area contributed by atoms with Gasteiger partial charge in [0.05, 0.1) is 22.1 Å². The fourth-order valence-corrected chi connectivity index (χ4v) is 7.54. The highest BCUT2D eigenvalue weighted by Gasteiger charge is 2.42. The molecule has 42 heavy (non-hydrogen) atoms. The zero-order valence-electron chi connectivity index (χ0n) is 24.3. The molecule has 2 fully saturated rings. The smallest absolute Gasteiger partial charge is 0.404 e. The number of hydrogen-bond acceptors (Lipinski definition) is 7. The number of aromatic nitrogens is 5. The van der Waals surface area contributed by atoms with Gasteiger partial charge in [-0.3, -0.25) is 4.68 Å². The third-order valence-corrected chi connectivity index (χ3v) is 10.5. The van der Waals surface area contributed by atoms with E-state index in [1.807, 2.05) is 29.1 Å². The zero-order chi connectivity index (χ0) is 29.8. The van der Waals surface area contributed by atoms with Gasteiger partial charge in [-0.25, -0.2) is 14.8 Å². The Morgan fingerprint density at radius 3 is 2.64 bits per heavy atom. The summed E-state index contributed by atoms with van der Waals surface area (Å²) >= 11 is 6.96. The van der Waals surface area contributed by atoms with Crippen molar-refractivity contribution in [2.24, 2.45) is 7.05 Å². The number of amides is 1. The molecule has 4 aromatic rings. The second kappa shape index (κ2) is 10.9. The Kier molecular flexibility index (Phi) is 7.37. The average Bonchev–Trinajstić information content (AvgIpc) is 3.54. The van der Waals surface area contributed by atoms with E-state index < -0.39 is 14.2 Å². The number of nitrogens with zero attached hydrogens (tertiary/aromatic N) is 7. The fraction of sp³-hybridized carbons (Fsp3) is 0.483. The van der Waals surface area contributed by atoms with Gasteiger partial charge in [0, 0.05) is 57.2 Å². The lowest BCUT2D eigenvalue weighted by atomic mass is 9.97. The molecule has 2 aliphatic rings. The van der Waals surface area contributed by atoms with E-state index in [-0.39, 0.29) is 18.1 Å². The summed E-state index contributed by atoms with van der Waals surface area (Å²) in [6.45, 7) is 7.97. The topological polar surface area (TPSA) is 134 Å². The Bertz CT molecular complexity index is 1710. The van der Waals surface area contributed by atoms with Crippen LogP contribution in [0.25, 0.3) is 33.2 Å². The molecule has 11 nitrogen and oxygen atoms in total. The van der Waals surface area contributed by atoms with Gasteiger partial charge < -0.3 is 24.6 Å². The lowest BCUT2D eigenvalue weighted by Gasteiger charge is -2.39. The standard InChI is InChI=1S/C29H35ClN8O3Si/c1-36-23(13-31)25-22(35-36)8-7-20(26(25)30)21-15-37(16-41-9-10-42(2,3)4)28-27(21)32-14-24(34-28)38-18-5-6-19(38)12-17(11-18)33-29(39)40/h7-8,14-15,17-19,33H,5-6,9-12,16H2,1-4H3,(H,39,40)/t17?,18-,19+. The number of aryl methyl sites for hydroxylation is 1. The number of nitrogens with one attached hydrogen (secondary N) is 1. The molecule has 0 aliphatic carbocycles. The van der Waals surface area contributed by atoms with Crippen molar-refractivity contribution in [3.63, 3.8) is 0 Å². The molecular formula is C29H35ClN8O3Si. The molecule has 0 spiro atoms. The monoisotopic (exact) mass is 606 g/mol. The lowest BCUT2D eigenvalue weighted by molar-refractivity contribution is 0.0899. The van der Waals surface area contributed by atoms with Gasteiger partial charge in [0.1, 0.15) is 29.8 Å². The first-order valence-corrected chi connectivity index (χ1v) is 18.4. The maximum absolute atomic E-state index is 11.3. The lowest BCUT2D eigenvalue weighted by Crippen LogP contribution is -2.50. The maximum atomic E-state index is 11.3. The van der Waals surface area contributed by atoms with Gasteiger partial charge >= 0.3 is 6.09 Å². The van der Waals surface area contributed by atoms with Gasteiger partial charge in [-0.2, -0.15) is 10.4 Å². The SMILES string of the molecule is Cn1nc2ccc(-c3cn(COCC[Si](C)(C)C)c4nc(N5[C@@H]6CC[C@H]5CC(NC(=O)O)C6)cnc34)c(Cl)c2c1C#N. The summed E-state index contributed by atoms with van der Waals surface area (Å²) in [6.07, 6.45) is 6.31. The fourth-order valence-electron chi connectivity index (χ4n) is 6.43. The van der Waals surface area contributed by atoms with Crippen LogP contribution in [0, 0.1) is 11.3 Å². The summed E-state index contributed by atoms with van der Waals surface area (Å²) in [4.78, 5) is 23.6. The molecule has 220 valence electrons. The minimum absolute atomic E-state index is 0.0500. The van der Waals surface area contributed by atoms with E-state index in [2.05, 4.69) is 41.0 Å². The Morgan fingerprint density at radius 2 is 1.98 bits per heavy atom. The van der Waals surface area contributed by atoms with E-state index >= 15 is 0 Å². The summed E-state index contributed by atoms with van der Waals surface area (Å²) in [5.74, 6) is 0.789. The third-order valence-electron chi connectivity index (χ3n) is 8.44. The number of halogens is 1. The van der Waals surface area contributed by atoms with Gasteiger partial charge in [-0.1, -0.05) is 37.3 Å². The number of hydrogen-bond donors (Lipinski definition) is 2. The van der Waals surface area contributed by atoms with E-state index in [0.29, 0.717) is 46.1 Å². The summed E-state index contributed by atoms with van der Waals surface area (Å²) < 4.78 is 9.68. The largest absolute Gasteiger partial charge is 0.465 e. The Balaban J connectivity index is 1.40. The molecule has 0 saturated carbocycles. The van der Waals surface area contributed by atoms with Gasteiger partial charge in [0.2, 0.25) is 0 Å². The van der Waals surface area contributed by atoms with Crippen LogP contribution in [0.5, 0.6) is 0 Å². The van der Waals surface area contributed by atoms with Crippen LogP contribution >= 0.6 is 11.6 Å². The quantitative estimate of drug-likeness (QED) is 0.196. The number of rotatable bonds is 8. The number of nitriles is 1. The molecule has 3 aromatic heterocycles. The number of benzene rings is 1. The van der Waals surface area contributed by atoms with Crippen molar-refractivity contribution in [1.82, 2.24) is 29.6 Å². The van der Waals surface area contributed by atoms with Crippen LogP contribution in [0.1, 0.15) is 31.4 Å². The number of ether oxygens (including phenoxy) is 1. The Labute approximate surface area is 250 Å². The second-order valence-electron chi connectivity index (χ2n) is 12.6. The zero-order valence-corrected chi connectivity index (χ0v) is 26.0. The van der Waals surface area contributed by atoms with Crippen molar-refractivity contribution >= 4 is 53.7 Å². The summed E-state index contributed by atoms with van der Waals surface area (Å²) in [5, 5.41) is 27.2. The molecule has 5 heterocycles. The average molecular weight is 607 g/mol. The third kappa shape index (κ3) is 5.21. The van der Waals surface area contributed by atoms with Crippen molar-refractivity contribution in [1.29, 1.82) is 5.26 Å². The van der Waals surface area contributed by atoms with E-state index in [1.165, 1.54) is 0 Å². The summed E-state index contributed by atoms with van der Waals surface area (Å²) in [7, 11) is 0.479. The van der Waals surface area contributed by atoms with E-state index in [4.69, 9.17) is 26.3 Å². The first-order valence-electron chi connectivity index (χ1n) is 14.3. The maximum Gasteiger partial charge on any atom is 0.404 e. The van der Waals surface area contributed by atoms with Crippen LogP contribution in [-0.2, 0) is 18.5 Å². The molecule has 2 aliphatic heterocycles. The van der Waals surface area contributed by atoms with Crippen molar-refractivity contribution < 1.29 is 14.6 Å². The predicted octanol–water partition coefficient (Wildman–Crippen LogP) is 5.59. The number of carboxylic acid groups (broad SMARTS) is 1. The first kappa shape index (κ1) is 28.5. The molecule has 13 heteroatoms. The van der Waals surface area contributed by atoms with E-state index in [1.54, 1.807) is 11.7 Å². The minimum Gasteiger partial charge on any atom is -0.465 e. The number of fused-ring (bicyclic) bond motifs is 4. The van der Waals surface area contributed by atoms with E-state index in [9.17, 15) is 15.2 Å². The van der Waals surface area contributed by atoms with Crippen LogP contribution in [0.15, 0.2) is 24.5 Å². The van der Waals surface area contributed by atoms with Crippen molar-refractivity contribution in [2.75, 3.05) is 11.5 Å². The van der Waals surface area contributed by atoms with Gasteiger partial charge in [-0.05, 0) is 37.8 Å². The molecule has 0 radical (unpaired) electrons. The highest BCUT2D eigenvalue weighted by atomic mass is 35.5. The molecule has 2 saturated heterocycles. The number of carbonyl (C=O) groups is 1. The number of anilines is 1. The molecule has 1 amide bonds. The summed E-state index contributed by atoms with van der Waals surface area (Å²) in [6, 6.07) is 7.43. The first-order chi connectivity index (χ1) is 20.0. The molecule has 1 unspecified atom stereocenters. The normalized spacial score (nSPS) is 20.4.